The molecular formula is C29H32F3N5O3. The van der Waals surface area contributed by atoms with Crippen molar-refractivity contribution in [3.8, 4) is 5.75 Å². The number of piperidine rings is 1. The Kier molecular flexibility index (Phi) is 7.73. The van der Waals surface area contributed by atoms with E-state index in [9.17, 15) is 22.8 Å². The van der Waals surface area contributed by atoms with Crippen LogP contribution in [0.25, 0.3) is 0 Å². The number of rotatable bonds is 5. The number of benzene rings is 1. The summed E-state index contributed by atoms with van der Waals surface area (Å²) in [6.45, 7) is 3.99. The highest BCUT2D eigenvalue weighted by atomic mass is 19.4. The molecule has 11 heteroatoms. The van der Waals surface area contributed by atoms with Gasteiger partial charge in [-0.15, -0.1) is 0 Å². The molecule has 4 heterocycles. The van der Waals surface area contributed by atoms with E-state index < -0.39 is 28.8 Å². The molecule has 212 valence electrons. The van der Waals surface area contributed by atoms with E-state index in [2.05, 4.69) is 15.2 Å². The third kappa shape index (κ3) is 5.78. The zero-order chi connectivity index (χ0) is 28.3. The number of anilines is 1. The lowest BCUT2D eigenvalue weighted by Gasteiger charge is -2.45. The van der Waals surface area contributed by atoms with Gasteiger partial charge in [0.25, 0.3) is 11.8 Å². The fourth-order valence-corrected chi connectivity index (χ4v) is 5.42. The molecule has 1 atom stereocenters. The van der Waals surface area contributed by atoms with Gasteiger partial charge in [-0.1, -0.05) is 29.8 Å². The normalized spacial score (nSPS) is 21.8. The minimum absolute atomic E-state index is 0.0188. The third-order valence-corrected chi connectivity index (χ3v) is 7.50. The summed E-state index contributed by atoms with van der Waals surface area (Å²) in [6, 6.07) is 12.9. The maximum atomic E-state index is 14.2. The average molecular weight is 556 g/mol. The molecule has 40 heavy (non-hydrogen) atoms. The summed E-state index contributed by atoms with van der Waals surface area (Å²) in [5, 5.41) is 2.71. The number of hydrogen-bond donors (Lipinski definition) is 1. The molecule has 1 aromatic heterocycles. The Balaban J connectivity index is 1.39. The molecule has 1 unspecified atom stereocenters. The van der Waals surface area contributed by atoms with E-state index >= 15 is 0 Å². The number of amides is 2. The Bertz CT molecular complexity index is 1290. The van der Waals surface area contributed by atoms with Gasteiger partial charge in [0.05, 0.1) is 17.7 Å². The number of pyridine rings is 1. The summed E-state index contributed by atoms with van der Waals surface area (Å²) < 4.78 is 47.5. The topological polar surface area (TPSA) is 78.0 Å². The van der Waals surface area contributed by atoms with E-state index in [-0.39, 0.29) is 25.5 Å². The molecule has 8 nitrogen and oxygen atoms in total. The molecule has 2 saturated heterocycles. The average Bonchev–Trinajstić information content (AvgIpc) is 2.98. The van der Waals surface area contributed by atoms with E-state index in [1.165, 1.54) is 4.90 Å². The number of nitrogens with zero attached hydrogens (tertiary/aromatic N) is 4. The number of ether oxygens (including phenoxy) is 1. The molecule has 0 spiro atoms. The second kappa shape index (κ2) is 11.2. The lowest BCUT2D eigenvalue weighted by Crippen LogP contribution is -2.64. The number of likely N-dealkylation sites (tertiary alicyclic amines) is 1. The number of dihydropyridines is 1. The number of halogens is 3. The van der Waals surface area contributed by atoms with E-state index in [0.717, 1.165) is 23.7 Å². The number of aryl methyl sites for hydroxylation is 1. The van der Waals surface area contributed by atoms with Crippen LogP contribution < -0.4 is 15.0 Å². The van der Waals surface area contributed by atoms with Crippen LogP contribution in [0.15, 0.2) is 72.1 Å². The van der Waals surface area contributed by atoms with E-state index in [1.54, 1.807) is 23.2 Å². The van der Waals surface area contributed by atoms with Crippen molar-refractivity contribution in [2.45, 2.75) is 31.5 Å². The molecule has 2 amide bonds. The van der Waals surface area contributed by atoms with E-state index in [1.807, 2.05) is 37.3 Å². The van der Waals surface area contributed by atoms with Crippen molar-refractivity contribution < 1.29 is 27.5 Å². The van der Waals surface area contributed by atoms with Crippen molar-refractivity contribution >= 4 is 17.6 Å². The lowest BCUT2D eigenvalue weighted by atomic mass is 9.89. The minimum Gasteiger partial charge on any atom is -0.476 e. The lowest BCUT2D eigenvalue weighted by molar-refractivity contribution is -0.156. The molecule has 2 aromatic rings. The summed E-state index contributed by atoms with van der Waals surface area (Å²) >= 11 is 0. The van der Waals surface area contributed by atoms with Gasteiger partial charge in [-0.2, -0.15) is 13.2 Å². The second-order valence-corrected chi connectivity index (χ2v) is 10.3. The monoisotopic (exact) mass is 555 g/mol. The number of carbonyl (C=O) groups is 2. The molecule has 1 N–H and O–H groups in total. The highest BCUT2D eigenvalue weighted by molar-refractivity contribution is 5.99. The van der Waals surface area contributed by atoms with E-state index in [4.69, 9.17) is 4.74 Å². The van der Waals surface area contributed by atoms with Gasteiger partial charge < -0.3 is 24.8 Å². The van der Waals surface area contributed by atoms with Gasteiger partial charge in [-0.25, -0.2) is 4.98 Å². The fraction of sp³-hybridized carbons (Fsp3) is 0.414. The van der Waals surface area contributed by atoms with Crippen molar-refractivity contribution in [2.24, 2.45) is 0 Å². The largest absolute Gasteiger partial charge is 0.476 e. The van der Waals surface area contributed by atoms with Gasteiger partial charge in [0.2, 0.25) is 5.60 Å². The molecule has 0 saturated carbocycles. The highest BCUT2D eigenvalue weighted by Crippen LogP contribution is 2.36. The molecule has 1 aromatic carbocycles. The minimum atomic E-state index is -4.67. The van der Waals surface area contributed by atoms with Gasteiger partial charge in [0, 0.05) is 51.7 Å². The molecule has 0 radical (unpaired) electrons. The predicted octanol–water partition coefficient (Wildman–Crippen LogP) is 3.45. The molecule has 5 rings (SSSR count). The Labute approximate surface area is 231 Å². The number of alkyl halides is 3. The first-order chi connectivity index (χ1) is 19.2. The van der Waals surface area contributed by atoms with Crippen LogP contribution in [-0.2, 0) is 9.59 Å². The van der Waals surface area contributed by atoms with E-state index in [0.29, 0.717) is 44.8 Å². The summed E-state index contributed by atoms with van der Waals surface area (Å²) in [6.07, 6.45) is -0.119. The SMILES string of the molecule is Cc1ccc(OC2(C(=O)N3CCN(c4ccccn4)CC3)CCCN(C(=O)C3=CNCC=C3C(F)(F)F)C2)cc1. The maximum absolute atomic E-state index is 14.2. The molecule has 0 aliphatic carbocycles. The second-order valence-electron chi connectivity index (χ2n) is 10.3. The Hall–Kier alpha value is -4.02. The van der Waals surface area contributed by atoms with Gasteiger partial charge in [0.1, 0.15) is 11.6 Å². The predicted molar refractivity (Wildman–Crippen MR) is 144 cm³/mol. The molecular weight excluding hydrogens is 523 g/mol. The van der Waals surface area contributed by atoms with Gasteiger partial charge in [0.15, 0.2) is 0 Å². The van der Waals surface area contributed by atoms with Crippen LogP contribution in [0.5, 0.6) is 5.75 Å². The quantitative estimate of drug-likeness (QED) is 0.609. The number of aromatic nitrogens is 1. The first-order valence-corrected chi connectivity index (χ1v) is 13.4. The summed E-state index contributed by atoms with van der Waals surface area (Å²) in [4.78, 5) is 37.2. The first-order valence-electron chi connectivity index (χ1n) is 13.4. The van der Waals surface area contributed by atoms with Gasteiger partial charge in [-0.3, -0.25) is 9.59 Å². The molecule has 2 fully saturated rings. The Morgan fingerprint density at radius 1 is 1.00 bits per heavy atom. The van der Waals surface area contributed by atoms with Crippen LogP contribution >= 0.6 is 0 Å². The van der Waals surface area contributed by atoms with Crippen molar-refractivity contribution in [1.82, 2.24) is 20.1 Å². The van der Waals surface area contributed by atoms with Crippen molar-refractivity contribution in [1.29, 1.82) is 0 Å². The van der Waals surface area contributed by atoms with Crippen molar-refractivity contribution in [2.75, 3.05) is 50.7 Å². The Morgan fingerprint density at radius 2 is 1.75 bits per heavy atom. The van der Waals surface area contributed by atoms with Crippen LogP contribution in [0, 0.1) is 6.92 Å². The molecule has 0 bridgehead atoms. The fourth-order valence-electron chi connectivity index (χ4n) is 5.42. The number of hydrogen-bond acceptors (Lipinski definition) is 6. The zero-order valence-corrected chi connectivity index (χ0v) is 22.3. The number of nitrogens with one attached hydrogen (secondary N) is 1. The van der Waals surface area contributed by atoms with Crippen LogP contribution in [0.1, 0.15) is 18.4 Å². The summed E-state index contributed by atoms with van der Waals surface area (Å²) in [7, 11) is 0. The highest BCUT2D eigenvalue weighted by Gasteiger charge is 2.50. The summed E-state index contributed by atoms with van der Waals surface area (Å²) in [5.41, 5.74) is -1.84. The van der Waals surface area contributed by atoms with Crippen molar-refractivity contribution in [3.05, 3.63) is 77.6 Å². The van der Waals surface area contributed by atoms with Crippen LogP contribution in [-0.4, -0.2) is 84.2 Å². The smallest absolute Gasteiger partial charge is 0.416 e. The third-order valence-electron chi connectivity index (χ3n) is 7.50. The standard InChI is InChI=1S/C29H32F3N5O3/c1-21-6-8-22(9-7-21)40-28(27(39)36-17-15-35(16-18-36)25-5-2-3-12-34-25)11-4-14-37(20-28)26(38)23-19-33-13-10-24(23)29(30,31)32/h2-3,5-10,12,19,33H,4,11,13-18,20H2,1H3. The number of piperazine rings is 1. The first kappa shape index (κ1) is 27.5. The Morgan fingerprint density at radius 3 is 2.42 bits per heavy atom. The number of carbonyl (C=O) groups excluding carboxylic acids is 2. The van der Waals surface area contributed by atoms with Crippen LogP contribution in [0.2, 0.25) is 0 Å². The summed E-state index contributed by atoms with van der Waals surface area (Å²) in [5.74, 6) is 0.251. The van der Waals surface area contributed by atoms with Crippen LogP contribution in [0.3, 0.4) is 0 Å². The molecule has 3 aliphatic rings. The van der Waals surface area contributed by atoms with Gasteiger partial charge >= 0.3 is 6.18 Å². The van der Waals surface area contributed by atoms with Gasteiger partial charge in [-0.05, 0) is 44.0 Å². The maximum Gasteiger partial charge on any atom is 0.416 e. The van der Waals surface area contributed by atoms with Crippen molar-refractivity contribution in [3.63, 3.8) is 0 Å². The zero-order valence-electron chi connectivity index (χ0n) is 22.3. The molecule has 3 aliphatic heterocycles. The van der Waals surface area contributed by atoms with Crippen LogP contribution in [0.4, 0.5) is 19.0 Å².